The van der Waals surface area contributed by atoms with Gasteiger partial charge in [0.2, 0.25) is 0 Å². The number of hydrogen-bond acceptors (Lipinski definition) is 5. The van der Waals surface area contributed by atoms with Crippen molar-refractivity contribution >= 4 is 33.5 Å². The second-order valence-corrected chi connectivity index (χ2v) is 3.28. The highest BCUT2D eigenvalue weighted by Crippen LogP contribution is 2.27. The molecule has 0 bridgehead atoms. The van der Waals surface area contributed by atoms with Crippen LogP contribution in [0.15, 0.2) is 15.8 Å². The lowest BCUT2D eigenvalue weighted by Gasteiger charge is -2.03. The predicted molar refractivity (Wildman–Crippen MR) is 49.3 cm³/mol. The number of nitrogens with zero attached hydrogens (tertiary/aromatic N) is 2. The van der Waals surface area contributed by atoms with Crippen molar-refractivity contribution in [3.8, 4) is 0 Å². The fourth-order valence-corrected chi connectivity index (χ4v) is 1.83. The Morgan fingerprint density at radius 3 is 2.91 bits per heavy atom. The minimum Gasteiger partial charge on any atom is -0.307 e. The summed E-state index contributed by atoms with van der Waals surface area (Å²) in [6.07, 6.45) is 3.40. The summed E-state index contributed by atoms with van der Waals surface area (Å²) in [5.41, 5.74) is 2.46. The Bertz CT molecular complexity index is 232. The van der Waals surface area contributed by atoms with Gasteiger partial charge in [-0.15, -0.1) is 11.8 Å². The number of nitrogen functional groups attached to an aromatic ring is 1. The van der Waals surface area contributed by atoms with Crippen LogP contribution in [0.5, 0.6) is 0 Å². The second kappa shape index (κ2) is 3.89. The van der Waals surface area contributed by atoms with Crippen molar-refractivity contribution in [2.45, 2.75) is 5.03 Å². The number of nitrogens with one attached hydrogen (secondary N) is 1. The van der Waals surface area contributed by atoms with Gasteiger partial charge >= 0.3 is 0 Å². The Hall–Kier alpha value is -0.330. The van der Waals surface area contributed by atoms with Gasteiger partial charge in [0, 0.05) is 0 Å². The normalized spacial score (nSPS) is 9.73. The maximum atomic E-state index is 5.19. The molecular weight excluding hydrogens is 228 g/mol. The van der Waals surface area contributed by atoms with Gasteiger partial charge in [-0.1, -0.05) is 0 Å². The molecular formula is C5H7BrN4S. The largest absolute Gasteiger partial charge is 0.307 e. The monoisotopic (exact) mass is 234 g/mol. The standard InChI is InChI=1S/C5H7BrN4S/c1-11-5-3(6)4(10-7)8-2-9-5/h2H,7H2,1H3,(H,8,9,10). The molecule has 0 spiro atoms. The number of aromatic nitrogens is 2. The molecule has 60 valence electrons. The minimum atomic E-state index is 0.601. The molecule has 1 aromatic rings. The molecule has 0 aliphatic heterocycles. The molecule has 0 amide bonds. The van der Waals surface area contributed by atoms with Crippen LogP contribution in [0.2, 0.25) is 0 Å². The predicted octanol–water partition coefficient (Wildman–Crippen LogP) is 1.25. The van der Waals surface area contributed by atoms with E-state index < -0.39 is 0 Å². The lowest BCUT2D eigenvalue weighted by atomic mass is 10.6. The quantitative estimate of drug-likeness (QED) is 0.349. The Morgan fingerprint density at radius 2 is 2.36 bits per heavy atom. The van der Waals surface area contributed by atoms with E-state index in [1.807, 2.05) is 6.26 Å². The van der Waals surface area contributed by atoms with Crippen molar-refractivity contribution in [1.29, 1.82) is 0 Å². The van der Waals surface area contributed by atoms with Crippen molar-refractivity contribution in [2.75, 3.05) is 11.7 Å². The SMILES string of the molecule is CSc1ncnc(NN)c1Br. The van der Waals surface area contributed by atoms with E-state index in [-0.39, 0.29) is 0 Å². The first-order valence-corrected chi connectivity index (χ1v) is 4.82. The fourth-order valence-electron chi connectivity index (χ4n) is 0.597. The number of halogens is 1. The number of thioether (sulfide) groups is 1. The maximum Gasteiger partial charge on any atom is 0.158 e. The van der Waals surface area contributed by atoms with Gasteiger partial charge in [0.15, 0.2) is 5.82 Å². The molecule has 1 aromatic heterocycles. The van der Waals surface area contributed by atoms with Crippen LogP contribution in [-0.2, 0) is 0 Å². The molecule has 4 nitrogen and oxygen atoms in total. The summed E-state index contributed by atoms with van der Waals surface area (Å²) < 4.78 is 0.801. The molecule has 1 heterocycles. The minimum absolute atomic E-state index is 0.601. The van der Waals surface area contributed by atoms with E-state index in [9.17, 15) is 0 Å². The van der Waals surface area contributed by atoms with Gasteiger partial charge in [-0.05, 0) is 22.2 Å². The first-order valence-electron chi connectivity index (χ1n) is 2.80. The van der Waals surface area contributed by atoms with Crippen LogP contribution >= 0.6 is 27.7 Å². The van der Waals surface area contributed by atoms with Crippen molar-refractivity contribution in [2.24, 2.45) is 5.84 Å². The highest BCUT2D eigenvalue weighted by atomic mass is 79.9. The Morgan fingerprint density at radius 1 is 1.64 bits per heavy atom. The molecule has 0 aliphatic carbocycles. The van der Waals surface area contributed by atoms with Crippen molar-refractivity contribution in [3.63, 3.8) is 0 Å². The number of anilines is 1. The van der Waals surface area contributed by atoms with Crippen LogP contribution in [0.25, 0.3) is 0 Å². The molecule has 0 saturated heterocycles. The third-order valence-electron chi connectivity index (χ3n) is 1.09. The van der Waals surface area contributed by atoms with E-state index in [1.54, 1.807) is 0 Å². The maximum absolute atomic E-state index is 5.19. The second-order valence-electron chi connectivity index (χ2n) is 1.69. The first kappa shape index (κ1) is 8.76. The van der Waals surface area contributed by atoms with E-state index in [0.717, 1.165) is 9.50 Å². The van der Waals surface area contributed by atoms with Gasteiger partial charge < -0.3 is 5.43 Å². The van der Waals surface area contributed by atoms with E-state index >= 15 is 0 Å². The molecule has 0 fully saturated rings. The van der Waals surface area contributed by atoms with Gasteiger partial charge in [0.25, 0.3) is 0 Å². The van der Waals surface area contributed by atoms with Gasteiger partial charge in [0.05, 0.1) is 4.47 Å². The smallest absolute Gasteiger partial charge is 0.158 e. The van der Waals surface area contributed by atoms with Crippen LogP contribution in [0.4, 0.5) is 5.82 Å². The molecule has 0 aromatic carbocycles. The Labute approximate surface area is 77.1 Å². The van der Waals surface area contributed by atoms with E-state index in [2.05, 4.69) is 31.3 Å². The zero-order chi connectivity index (χ0) is 8.27. The average Bonchev–Trinajstić information content (AvgIpc) is 2.05. The van der Waals surface area contributed by atoms with Gasteiger partial charge in [-0.2, -0.15) is 0 Å². The van der Waals surface area contributed by atoms with Crippen molar-refractivity contribution < 1.29 is 0 Å². The summed E-state index contributed by atoms with van der Waals surface area (Å²) in [6.45, 7) is 0. The summed E-state index contributed by atoms with van der Waals surface area (Å²) in [5, 5.41) is 0.868. The van der Waals surface area contributed by atoms with Crippen LogP contribution < -0.4 is 11.3 Å². The van der Waals surface area contributed by atoms with E-state index in [0.29, 0.717) is 5.82 Å². The van der Waals surface area contributed by atoms with Crippen molar-refractivity contribution in [1.82, 2.24) is 9.97 Å². The Kier molecular flexibility index (Phi) is 3.10. The molecule has 0 atom stereocenters. The van der Waals surface area contributed by atoms with Gasteiger partial charge in [0.1, 0.15) is 11.4 Å². The highest BCUT2D eigenvalue weighted by Gasteiger charge is 2.04. The van der Waals surface area contributed by atoms with Crippen LogP contribution in [0, 0.1) is 0 Å². The molecule has 0 radical (unpaired) electrons. The number of hydrogen-bond donors (Lipinski definition) is 2. The topological polar surface area (TPSA) is 63.8 Å². The lowest BCUT2D eigenvalue weighted by molar-refractivity contribution is 1.02. The zero-order valence-corrected chi connectivity index (χ0v) is 8.24. The van der Waals surface area contributed by atoms with Crippen LogP contribution in [-0.4, -0.2) is 16.2 Å². The van der Waals surface area contributed by atoms with Gasteiger partial charge in [-0.3, -0.25) is 0 Å². The molecule has 1 rings (SSSR count). The molecule has 3 N–H and O–H groups in total. The Balaban J connectivity index is 3.10. The van der Waals surface area contributed by atoms with E-state index in [4.69, 9.17) is 5.84 Å². The first-order chi connectivity index (χ1) is 5.29. The molecule has 0 saturated carbocycles. The summed E-state index contributed by atoms with van der Waals surface area (Å²) >= 11 is 4.84. The summed E-state index contributed by atoms with van der Waals surface area (Å²) in [4.78, 5) is 7.91. The molecule has 0 unspecified atom stereocenters. The summed E-state index contributed by atoms with van der Waals surface area (Å²) in [5.74, 6) is 5.80. The fraction of sp³-hybridized carbons (Fsp3) is 0.200. The van der Waals surface area contributed by atoms with Crippen LogP contribution in [0.1, 0.15) is 0 Å². The summed E-state index contributed by atoms with van der Waals surface area (Å²) in [7, 11) is 0. The molecule has 0 aliphatic rings. The highest BCUT2D eigenvalue weighted by molar-refractivity contribution is 9.10. The van der Waals surface area contributed by atoms with Crippen LogP contribution in [0.3, 0.4) is 0 Å². The van der Waals surface area contributed by atoms with Crippen molar-refractivity contribution in [3.05, 3.63) is 10.8 Å². The average molecular weight is 235 g/mol. The number of hydrazine groups is 1. The van der Waals surface area contributed by atoms with E-state index in [1.165, 1.54) is 18.1 Å². The third kappa shape index (κ3) is 1.82. The third-order valence-corrected chi connectivity index (χ3v) is 2.80. The molecule has 11 heavy (non-hydrogen) atoms. The zero-order valence-electron chi connectivity index (χ0n) is 5.84. The summed E-state index contributed by atoms with van der Waals surface area (Å²) in [6, 6.07) is 0. The number of rotatable bonds is 2. The molecule has 6 heteroatoms. The number of nitrogens with two attached hydrogens (primary N) is 1. The van der Waals surface area contributed by atoms with Gasteiger partial charge in [-0.25, -0.2) is 15.8 Å². The lowest BCUT2D eigenvalue weighted by Crippen LogP contribution is -2.09.